The second-order valence-electron chi connectivity index (χ2n) is 7.10. The molecule has 0 fully saturated rings. The average Bonchev–Trinajstić information content (AvgIpc) is 3.15. The van der Waals surface area contributed by atoms with Crippen LogP contribution in [-0.2, 0) is 17.8 Å². The zero-order chi connectivity index (χ0) is 19.6. The second-order valence-corrected chi connectivity index (χ2v) is 7.10. The quantitative estimate of drug-likeness (QED) is 0.494. The van der Waals surface area contributed by atoms with E-state index < -0.39 is 0 Å². The molecule has 1 aliphatic rings. The van der Waals surface area contributed by atoms with Gasteiger partial charge in [-0.1, -0.05) is 0 Å². The van der Waals surface area contributed by atoms with Crippen LogP contribution in [0.15, 0.2) is 67.3 Å². The highest BCUT2D eigenvalue weighted by Gasteiger charge is 2.33. The molecule has 0 bridgehead atoms. The van der Waals surface area contributed by atoms with E-state index in [4.69, 9.17) is 4.98 Å². The lowest BCUT2D eigenvalue weighted by molar-refractivity contribution is -0.112. The standard InChI is InChI=1S/C23H19N5O/c29-15-22-23-18(16-5-10-24-11-6-16)7-12-26-21(23)14-28(22)13-8-17-3-4-19-20(27-17)2-1-9-25-19/h1-7,9-12,15,22H,8,13-14H2. The van der Waals surface area contributed by atoms with Crippen LogP contribution in [0.1, 0.15) is 23.0 Å². The summed E-state index contributed by atoms with van der Waals surface area (Å²) in [5.41, 5.74) is 6.85. The van der Waals surface area contributed by atoms with Crippen LogP contribution in [0.25, 0.3) is 22.2 Å². The number of hydrogen-bond acceptors (Lipinski definition) is 6. The van der Waals surface area contributed by atoms with Crippen molar-refractivity contribution in [2.24, 2.45) is 0 Å². The zero-order valence-corrected chi connectivity index (χ0v) is 15.8. The normalized spacial score (nSPS) is 16.1. The molecule has 4 aromatic heterocycles. The van der Waals surface area contributed by atoms with Crippen molar-refractivity contribution in [3.05, 3.63) is 84.2 Å². The number of pyridine rings is 4. The van der Waals surface area contributed by atoms with Gasteiger partial charge < -0.3 is 4.79 Å². The van der Waals surface area contributed by atoms with Gasteiger partial charge in [-0.3, -0.25) is 24.8 Å². The van der Waals surface area contributed by atoms with Gasteiger partial charge in [0.15, 0.2) is 0 Å². The van der Waals surface area contributed by atoms with Gasteiger partial charge in [0.1, 0.15) is 6.29 Å². The maximum absolute atomic E-state index is 12.0. The molecule has 0 aromatic carbocycles. The Balaban J connectivity index is 1.40. The number of fused-ring (bicyclic) bond motifs is 2. The second kappa shape index (κ2) is 7.48. The Kier molecular flexibility index (Phi) is 4.54. The van der Waals surface area contributed by atoms with Crippen molar-refractivity contribution in [2.45, 2.75) is 19.0 Å². The molecule has 4 aromatic rings. The molecule has 6 heteroatoms. The molecule has 0 radical (unpaired) electrons. The van der Waals surface area contributed by atoms with Crippen molar-refractivity contribution in [1.82, 2.24) is 24.8 Å². The van der Waals surface area contributed by atoms with Gasteiger partial charge in [0.25, 0.3) is 0 Å². The van der Waals surface area contributed by atoms with Crippen LogP contribution in [0.2, 0.25) is 0 Å². The Hall–Kier alpha value is -3.51. The van der Waals surface area contributed by atoms with Crippen LogP contribution in [0, 0.1) is 0 Å². The van der Waals surface area contributed by atoms with Crippen molar-refractivity contribution in [3.8, 4) is 11.1 Å². The summed E-state index contributed by atoms with van der Waals surface area (Å²) >= 11 is 0. The van der Waals surface area contributed by atoms with Gasteiger partial charge in [-0.15, -0.1) is 0 Å². The SMILES string of the molecule is O=CC1c2c(-c3ccncc3)ccnc2CN1CCc1ccc2ncccc2n1. The molecule has 0 aliphatic carbocycles. The van der Waals surface area contributed by atoms with E-state index in [0.29, 0.717) is 6.54 Å². The molecule has 1 aliphatic heterocycles. The lowest BCUT2D eigenvalue weighted by Crippen LogP contribution is -2.26. The fourth-order valence-corrected chi connectivity index (χ4v) is 4.00. The molecule has 5 heterocycles. The number of nitrogens with zero attached hydrogens (tertiary/aromatic N) is 5. The summed E-state index contributed by atoms with van der Waals surface area (Å²) in [6, 6.07) is 13.5. The average molecular weight is 381 g/mol. The van der Waals surface area contributed by atoms with Crippen molar-refractivity contribution in [1.29, 1.82) is 0 Å². The smallest absolute Gasteiger partial charge is 0.141 e. The monoisotopic (exact) mass is 381 g/mol. The van der Waals surface area contributed by atoms with Crippen molar-refractivity contribution < 1.29 is 4.79 Å². The summed E-state index contributed by atoms with van der Waals surface area (Å²) < 4.78 is 0. The summed E-state index contributed by atoms with van der Waals surface area (Å²) in [5, 5.41) is 0. The predicted octanol–water partition coefficient (Wildman–Crippen LogP) is 3.39. The number of rotatable bonds is 5. The van der Waals surface area contributed by atoms with Crippen molar-refractivity contribution in [3.63, 3.8) is 0 Å². The number of hydrogen-bond donors (Lipinski definition) is 0. The van der Waals surface area contributed by atoms with Gasteiger partial charge >= 0.3 is 0 Å². The van der Waals surface area contributed by atoms with E-state index in [-0.39, 0.29) is 6.04 Å². The van der Waals surface area contributed by atoms with Gasteiger partial charge in [0.2, 0.25) is 0 Å². The molecule has 142 valence electrons. The first-order chi connectivity index (χ1) is 14.3. The molecule has 0 saturated carbocycles. The van der Waals surface area contributed by atoms with Crippen molar-refractivity contribution >= 4 is 17.3 Å². The molecule has 1 atom stereocenters. The summed E-state index contributed by atoms with van der Waals surface area (Å²) in [7, 11) is 0. The van der Waals surface area contributed by atoms with E-state index in [9.17, 15) is 4.79 Å². The van der Waals surface area contributed by atoms with E-state index in [0.717, 1.165) is 58.4 Å². The molecule has 6 nitrogen and oxygen atoms in total. The van der Waals surface area contributed by atoms with E-state index in [1.54, 1.807) is 18.6 Å². The van der Waals surface area contributed by atoms with E-state index in [2.05, 4.69) is 19.9 Å². The van der Waals surface area contributed by atoms with Gasteiger partial charge in [0.05, 0.1) is 22.8 Å². The Bertz CT molecular complexity index is 1180. The highest BCUT2D eigenvalue weighted by Crippen LogP contribution is 2.38. The third kappa shape index (κ3) is 3.28. The lowest BCUT2D eigenvalue weighted by Gasteiger charge is -2.21. The molecule has 5 rings (SSSR count). The first-order valence-corrected chi connectivity index (χ1v) is 9.61. The minimum absolute atomic E-state index is 0.302. The maximum Gasteiger partial charge on any atom is 0.141 e. The fourth-order valence-electron chi connectivity index (χ4n) is 4.00. The molecule has 1 unspecified atom stereocenters. The molecule has 29 heavy (non-hydrogen) atoms. The highest BCUT2D eigenvalue weighted by atomic mass is 16.1. The summed E-state index contributed by atoms with van der Waals surface area (Å²) in [6.07, 6.45) is 8.91. The van der Waals surface area contributed by atoms with Crippen LogP contribution in [-0.4, -0.2) is 37.7 Å². The van der Waals surface area contributed by atoms with E-state index in [1.165, 1.54) is 0 Å². The Labute approximate surface area is 168 Å². The molecule has 0 amide bonds. The van der Waals surface area contributed by atoms with Gasteiger partial charge in [-0.25, -0.2) is 0 Å². The van der Waals surface area contributed by atoms with E-state index >= 15 is 0 Å². The summed E-state index contributed by atoms with van der Waals surface area (Å²) in [5.74, 6) is 0. The predicted molar refractivity (Wildman–Crippen MR) is 110 cm³/mol. The van der Waals surface area contributed by atoms with E-state index in [1.807, 2.05) is 48.7 Å². The van der Waals surface area contributed by atoms with Crippen LogP contribution in [0.3, 0.4) is 0 Å². The first kappa shape index (κ1) is 17.6. The summed E-state index contributed by atoms with van der Waals surface area (Å²) in [6.45, 7) is 1.39. The topological polar surface area (TPSA) is 71.9 Å². The summed E-state index contributed by atoms with van der Waals surface area (Å²) in [4.78, 5) is 31.9. The minimum Gasteiger partial charge on any atom is -0.301 e. The van der Waals surface area contributed by atoms with Crippen LogP contribution >= 0.6 is 0 Å². The number of aldehydes is 1. The zero-order valence-electron chi connectivity index (χ0n) is 15.8. The first-order valence-electron chi connectivity index (χ1n) is 9.61. The minimum atomic E-state index is -0.302. The lowest BCUT2D eigenvalue weighted by atomic mass is 9.97. The van der Waals surface area contributed by atoms with Crippen molar-refractivity contribution in [2.75, 3.05) is 6.54 Å². The highest BCUT2D eigenvalue weighted by molar-refractivity contribution is 5.76. The maximum atomic E-state index is 12.0. The molecule has 0 N–H and O–H groups in total. The third-order valence-corrected chi connectivity index (χ3v) is 5.40. The van der Waals surface area contributed by atoms with Crippen LogP contribution in [0.4, 0.5) is 0 Å². The third-order valence-electron chi connectivity index (χ3n) is 5.40. The number of carbonyl (C=O) groups is 1. The van der Waals surface area contributed by atoms with Crippen LogP contribution < -0.4 is 0 Å². The Morgan fingerprint density at radius 3 is 2.72 bits per heavy atom. The molecule has 0 saturated heterocycles. The molecular formula is C23H19N5O. The molecular weight excluding hydrogens is 362 g/mol. The molecule has 0 spiro atoms. The fraction of sp³-hybridized carbons (Fsp3) is 0.174. The Morgan fingerprint density at radius 2 is 1.86 bits per heavy atom. The largest absolute Gasteiger partial charge is 0.301 e. The van der Waals surface area contributed by atoms with Gasteiger partial charge in [-0.2, -0.15) is 0 Å². The van der Waals surface area contributed by atoms with Crippen LogP contribution in [0.5, 0.6) is 0 Å². The number of aromatic nitrogens is 4. The number of carbonyl (C=O) groups excluding carboxylic acids is 1. The Morgan fingerprint density at radius 1 is 0.966 bits per heavy atom. The van der Waals surface area contributed by atoms with Gasteiger partial charge in [0, 0.05) is 55.6 Å². The van der Waals surface area contributed by atoms with Gasteiger partial charge in [-0.05, 0) is 53.6 Å².